The lowest BCUT2D eigenvalue weighted by Gasteiger charge is -1.86. The third-order valence-corrected chi connectivity index (χ3v) is 3.91. The van der Waals surface area contributed by atoms with Gasteiger partial charge in [0.2, 0.25) is 0 Å². The number of allylic oxidation sites excluding steroid dienone is 2. The van der Waals surface area contributed by atoms with E-state index in [1.165, 1.54) is 5.57 Å². The predicted molar refractivity (Wildman–Crippen MR) is 43.5 cm³/mol. The summed E-state index contributed by atoms with van der Waals surface area (Å²) in [5.74, 6) is 0.674. The van der Waals surface area contributed by atoms with Crippen LogP contribution in [0.5, 0.6) is 0 Å². The summed E-state index contributed by atoms with van der Waals surface area (Å²) in [6, 6.07) is 0. The van der Waals surface area contributed by atoms with Crippen LogP contribution in [0.2, 0.25) is 0 Å². The lowest BCUT2D eigenvalue weighted by Crippen LogP contribution is -1.80. The molecule has 0 spiro atoms. The van der Waals surface area contributed by atoms with Gasteiger partial charge in [0, 0.05) is 5.92 Å². The molecule has 1 fully saturated rings. The fourth-order valence-corrected chi connectivity index (χ4v) is 2.29. The third-order valence-electron chi connectivity index (χ3n) is 1.62. The minimum absolute atomic E-state index is 0.161. The summed E-state index contributed by atoms with van der Waals surface area (Å²) in [6.45, 7) is 4.26. The molecular weight excluding hydrogens is 232 g/mol. The molecule has 46 valence electrons. The largest absolute Gasteiger partial charge is 0.108 e. The second kappa shape index (κ2) is 1.84. The smallest absolute Gasteiger partial charge is 0.0858 e. The first kappa shape index (κ1) is 6.81. The van der Waals surface area contributed by atoms with Crippen LogP contribution in [0.4, 0.5) is 0 Å². The molecule has 8 heavy (non-hydrogen) atoms. The molecule has 0 N–H and O–H groups in total. The van der Waals surface area contributed by atoms with Crippen molar-refractivity contribution in [2.45, 2.75) is 17.1 Å². The first-order chi connectivity index (χ1) is 3.60. The van der Waals surface area contributed by atoms with E-state index in [1.54, 1.807) is 0 Å². The van der Waals surface area contributed by atoms with Gasteiger partial charge in [0.25, 0.3) is 0 Å². The van der Waals surface area contributed by atoms with Crippen molar-refractivity contribution in [3.05, 3.63) is 11.6 Å². The molecule has 1 unspecified atom stereocenters. The zero-order valence-corrected chi connectivity index (χ0v) is 8.08. The molecule has 0 bridgehead atoms. The van der Waals surface area contributed by atoms with Crippen LogP contribution in [0, 0.1) is 5.92 Å². The van der Waals surface area contributed by atoms with E-state index in [4.69, 9.17) is 0 Å². The zero-order chi connectivity index (χ0) is 6.36. The lowest BCUT2D eigenvalue weighted by molar-refractivity contribution is 1.01. The van der Waals surface area contributed by atoms with Gasteiger partial charge >= 0.3 is 0 Å². The van der Waals surface area contributed by atoms with Crippen molar-refractivity contribution in [2.24, 2.45) is 5.92 Å². The van der Waals surface area contributed by atoms with E-state index in [-0.39, 0.29) is 3.23 Å². The Bertz CT molecular complexity index is 135. The molecule has 0 radical (unpaired) electrons. The van der Waals surface area contributed by atoms with E-state index in [2.05, 4.69) is 51.8 Å². The van der Waals surface area contributed by atoms with Gasteiger partial charge in [-0.1, -0.05) is 44.9 Å². The topological polar surface area (TPSA) is 0 Å². The highest BCUT2D eigenvalue weighted by Gasteiger charge is 2.52. The Hall–Kier alpha value is 0.700. The molecule has 1 atom stereocenters. The molecule has 0 nitrogen and oxygen atoms in total. The van der Waals surface area contributed by atoms with Crippen LogP contribution < -0.4 is 0 Å². The van der Waals surface area contributed by atoms with E-state index in [0.717, 1.165) is 0 Å². The fourth-order valence-electron chi connectivity index (χ4n) is 0.877. The second-order valence-electron chi connectivity index (χ2n) is 2.09. The van der Waals surface area contributed by atoms with Gasteiger partial charge in [0.1, 0.15) is 3.23 Å². The van der Waals surface area contributed by atoms with Crippen LogP contribution in [0.15, 0.2) is 11.6 Å². The number of hydrogen-bond donors (Lipinski definition) is 0. The quantitative estimate of drug-likeness (QED) is 0.450. The maximum atomic E-state index is 3.53. The van der Waals surface area contributed by atoms with Crippen molar-refractivity contribution in [3.63, 3.8) is 0 Å². The summed E-state index contributed by atoms with van der Waals surface area (Å²) >= 11 is 7.05. The summed E-state index contributed by atoms with van der Waals surface area (Å²) in [4.78, 5) is 0. The summed E-state index contributed by atoms with van der Waals surface area (Å²) in [7, 11) is 0. The van der Waals surface area contributed by atoms with Gasteiger partial charge in [0.15, 0.2) is 0 Å². The monoisotopic (exact) mass is 238 g/mol. The highest BCUT2D eigenvalue weighted by Crippen LogP contribution is 2.60. The molecule has 0 amide bonds. The van der Waals surface area contributed by atoms with Crippen LogP contribution in [0.25, 0.3) is 0 Å². The molecule has 0 aliphatic heterocycles. The minimum atomic E-state index is 0.161. The zero-order valence-electron chi connectivity index (χ0n) is 4.91. The highest BCUT2D eigenvalue weighted by atomic mass is 79.9. The Morgan fingerprint density at radius 3 is 2.00 bits per heavy atom. The van der Waals surface area contributed by atoms with Gasteiger partial charge in [-0.25, -0.2) is 0 Å². The van der Waals surface area contributed by atoms with Crippen molar-refractivity contribution in [3.8, 4) is 0 Å². The van der Waals surface area contributed by atoms with Gasteiger partial charge < -0.3 is 0 Å². The molecule has 0 heterocycles. The molecule has 0 aromatic rings. The van der Waals surface area contributed by atoms with E-state index >= 15 is 0 Å². The van der Waals surface area contributed by atoms with Crippen molar-refractivity contribution in [1.29, 1.82) is 0 Å². The van der Waals surface area contributed by atoms with Crippen molar-refractivity contribution in [1.82, 2.24) is 0 Å². The van der Waals surface area contributed by atoms with Crippen molar-refractivity contribution in [2.75, 3.05) is 0 Å². The maximum Gasteiger partial charge on any atom is 0.108 e. The molecule has 2 heteroatoms. The highest BCUT2D eigenvalue weighted by molar-refractivity contribution is 9.25. The van der Waals surface area contributed by atoms with Crippen LogP contribution in [-0.2, 0) is 0 Å². The first-order valence-electron chi connectivity index (χ1n) is 2.65. The van der Waals surface area contributed by atoms with E-state index < -0.39 is 0 Å². The Labute approximate surface area is 66.6 Å². The SMILES string of the molecule is CC=C1C(C)C1(Br)Br. The Morgan fingerprint density at radius 1 is 1.62 bits per heavy atom. The van der Waals surface area contributed by atoms with Gasteiger partial charge in [0.05, 0.1) is 0 Å². The summed E-state index contributed by atoms with van der Waals surface area (Å²) in [5.41, 5.74) is 1.46. The Kier molecular flexibility index (Phi) is 1.57. The maximum absolute atomic E-state index is 3.53. The average molecular weight is 240 g/mol. The van der Waals surface area contributed by atoms with E-state index in [1.807, 2.05) is 0 Å². The van der Waals surface area contributed by atoms with Gasteiger partial charge in [-0.2, -0.15) is 0 Å². The number of hydrogen-bond acceptors (Lipinski definition) is 0. The molecule has 0 aromatic heterocycles. The summed E-state index contributed by atoms with van der Waals surface area (Å²) < 4.78 is 0.161. The molecule has 1 rings (SSSR count). The molecule has 0 saturated heterocycles. The minimum Gasteiger partial charge on any atom is -0.0858 e. The van der Waals surface area contributed by atoms with Crippen LogP contribution in [0.3, 0.4) is 0 Å². The number of rotatable bonds is 0. The van der Waals surface area contributed by atoms with Crippen molar-refractivity contribution >= 4 is 31.9 Å². The summed E-state index contributed by atoms with van der Waals surface area (Å²) in [5, 5.41) is 0. The van der Waals surface area contributed by atoms with Gasteiger partial charge in [-0.05, 0) is 12.5 Å². The van der Waals surface area contributed by atoms with Crippen LogP contribution in [0.1, 0.15) is 13.8 Å². The third kappa shape index (κ3) is 0.781. The predicted octanol–water partition coefficient (Wildman–Crippen LogP) is 3.07. The Morgan fingerprint density at radius 2 is 2.00 bits per heavy atom. The second-order valence-corrected chi connectivity index (χ2v) is 5.65. The number of alkyl halides is 2. The molecule has 0 aromatic carbocycles. The summed E-state index contributed by atoms with van der Waals surface area (Å²) in [6.07, 6.45) is 2.15. The first-order valence-corrected chi connectivity index (χ1v) is 4.23. The van der Waals surface area contributed by atoms with Gasteiger partial charge in [-0.15, -0.1) is 0 Å². The molecule has 1 saturated carbocycles. The molecular formula is C6H8Br2. The fraction of sp³-hybridized carbons (Fsp3) is 0.667. The molecule has 1 aliphatic rings. The molecule has 1 aliphatic carbocycles. The lowest BCUT2D eigenvalue weighted by atomic mass is 10.4. The van der Waals surface area contributed by atoms with Crippen LogP contribution in [-0.4, -0.2) is 3.23 Å². The van der Waals surface area contributed by atoms with Gasteiger partial charge in [-0.3, -0.25) is 0 Å². The Balaban J connectivity index is 2.73. The standard InChI is InChI=1S/C6H8Br2/c1-3-5-4(2)6(5,7)8/h3-4H,1-2H3. The normalized spacial score (nSPS) is 38.0. The van der Waals surface area contributed by atoms with E-state index in [9.17, 15) is 0 Å². The van der Waals surface area contributed by atoms with Crippen molar-refractivity contribution < 1.29 is 0 Å². The average Bonchev–Trinajstić information content (AvgIpc) is 2.09. The number of halogens is 2. The van der Waals surface area contributed by atoms with E-state index in [0.29, 0.717) is 5.92 Å². The van der Waals surface area contributed by atoms with Crippen LogP contribution >= 0.6 is 31.9 Å².